The highest BCUT2D eigenvalue weighted by Gasteiger charge is 2.25. The van der Waals surface area contributed by atoms with E-state index >= 15 is 0 Å². The van der Waals surface area contributed by atoms with Gasteiger partial charge >= 0.3 is 5.97 Å². The van der Waals surface area contributed by atoms with Gasteiger partial charge in [0, 0.05) is 0 Å². The number of aliphatic carboxylic acids is 1. The lowest BCUT2D eigenvalue weighted by Gasteiger charge is -2.15. The fraction of sp³-hybridized carbons (Fsp3) is 0.222. The first-order chi connectivity index (χ1) is 7.34. The predicted octanol–water partition coefficient (Wildman–Crippen LogP) is 0.116. The summed E-state index contributed by atoms with van der Waals surface area (Å²) in [7, 11) is 0. The van der Waals surface area contributed by atoms with Crippen molar-refractivity contribution in [1.82, 2.24) is 0 Å². The van der Waals surface area contributed by atoms with Crippen LogP contribution in [0.1, 0.15) is 11.7 Å². The lowest BCUT2D eigenvalue weighted by molar-refractivity contribution is -0.141. The van der Waals surface area contributed by atoms with Crippen LogP contribution >= 0.6 is 0 Å². The van der Waals surface area contributed by atoms with Gasteiger partial charge in [0.05, 0.1) is 0 Å². The Kier molecular flexibility index (Phi) is 3.41. The number of halogens is 2. The minimum Gasteiger partial charge on any atom is -0.503 e. The third kappa shape index (κ3) is 2.26. The van der Waals surface area contributed by atoms with Gasteiger partial charge in [-0.25, -0.2) is 8.78 Å². The van der Waals surface area contributed by atoms with Gasteiger partial charge in [0.15, 0.2) is 17.4 Å². The molecule has 0 saturated carbocycles. The third-order valence-electron chi connectivity index (χ3n) is 2.01. The molecule has 0 fully saturated rings. The van der Waals surface area contributed by atoms with Gasteiger partial charge in [-0.3, -0.25) is 4.79 Å². The number of rotatable bonds is 3. The SMILES string of the molecule is NC(C(=O)O)C(O)c1cc(F)c(O)c(F)c1. The molecule has 1 aromatic carbocycles. The highest BCUT2D eigenvalue weighted by atomic mass is 19.1. The van der Waals surface area contributed by atoms with Crippen LogP contribution < -0.4 is 5.73 Å². The van der Waals surface area contributed by atoms with Gasteiger partial charge in [-0.1, -0.05) is 0 Å². The topological polar surface area (TPSA) is 104 Å². The quantitative estimate of drug-likeness (QED) is 0.593. The van der Waals surface area contributed by atoms with Gasteiger partial charge in [-0.05, 0) is 17.7 Å². The van der Waals surface area contributed by atoms with Crippen molar-refractivity contribution in [2.45, 2.75) is 12.1 Å². The van der Waals surface area contributed by atoms with E-state index in [1.165, 1.54) is 0 Å². The van der Waals surface area contributed by atoms with E-state index in [1.807, 2.05) is 0 Å². The maximum Gasteiger partial charge on any atom is 0.323 e. The molecule has 0 spiro atoms. The first kappa shape index (κ1) is 12.3. The van der Waals surface area contributed by atoms with Gasteiger partial charge in [-0.2, -0.15) is 0 Å². The minimum absolute atomic E-state index is 0.359. The van der Waals surface area contributed by atoms with Crippen LogP contribution in [0.15, 0.2) is 12.1 Å². The predicted molar refractivity (Wildman–Crippen MR) is 48.6 cm³/mol. The van der Waals surface area contributed by atoms with Crippen LogP contribution in [0.4, 0.5) is 8.78 Å². The van der Waals surface area contributed by atoms with Gasteiger partial charge in [0.1, 0.15) is 12.1 Å². The summed E-state index contributed by atoms with van der Waals surface area (Å²) in [6.07, 6.45) is -1.76. The van der Waals surface area contributed by atoms with Crippen LogP contribution in [0.5, 0.6) is 5.75 Å². The van der Waals surface area contributed by atoms with Crippen LogP contribution in [0.25, 0.3) is 0 Å². The number of aromatic hydroxyl groups is 1. The van der Waals surface area contributed by atoms with Crippen LogP contribution in [-0.4, -0.2) is 27.3 Å². The summed E-state index contributed by atoms with van der Waals surface area (Å²) in [6.45, 7) is 0. The molecule has 2 atom stereocenters. The summed E-state index contributed by atoms with van der Waals surface area (Å²) in [5.74, 6) is -5.31. The maximum atomic E-state index is 12.9. The molecule has 0 aliphatic rings. The largest absolute Gasteiger partial charge is 0.503 e. The highest BCUT2D eigenvalue weighted by Crippen LogP contribution is 2.25. The van der Waals surface area contributed by atoms with Crippen molar-refractivity contribution in [1.29, 1.82) is 0 Å². The zero-order valence-corrected chi connectivity index (χ0v) is 7.89. The summed E-state index contributed by atoms with van der Waals surface area (Å²) in [5.41, 5.74) is 4.71. The molecule has 5 N–H and O–H groups in total. The fourth-order valence-corrected chi connectivity index (χ4v) is 1.10. The molecule has 16 heavy (non-hydrogen) atoms. The summed E-state index contributed by atoms with van der Waals surface area (Å²) in [4.78, 5) is 10.4. The molecule has 0 heterocycles. The molecule has 5 nitrogen and oxygen atoms in total. The zero-order chi connectivity index (χ0) is 12.5. The molecule has 0 aliphatic heterocycles. The number of hydrogen-bond acceptors (Lipinski definition) is 4. The van der Waals surface area contributed by atoms with Crippen molar-refractivity contribution in [3.8, 4) is 5.75 Å². The Labute approximate surface area is 88.7 Å². The normalized spacial score (nSPS) is 14.5. The molecule has 0 bridgehead atoms. The second kappa shape index (κ2) is 4.42. The van der Waals surface area contributed by atoms with E-state index in [0.717, 1.165) is 0 Å². The zero-order valence-electron chi connectivity index (χ0n) is 7.89. The number of phenols is 1. The summed E-state index contributed by atoms with van der Waals surface area (Å²) in [5, 5.41) is 26.6. The van der Waals surface area contributed by atoms with Crippen molar-refractivity contribution in [2.24, 2.45) is 5.73 Å². The van der Waals surface area contributed by atoms with Gasteiger partial charge in [0.25, 0.3) is 0 Å². The molecular formula is C9H9F2NO4. The minimum atomic E-state index is -1.76. The standard InChI is InChI=1S/C9H9F2NO4/c10-4-1-3(2-5(11)8(4)14)7(13)6(12)9(15)16/h1-2,6-7,13-14H,12H2,(H,15,16). The third-order valence-corrected chi connectivity index (χ3v) is 2.01. The molecule has 1 rings (SSSR count). The number of aliphatic hydroxyl groups excluding tert-OH is 1. The van der Waals surface area contributed by atoms with Gasteiger partial charge in [-0.15, -0.1) is 0 Å². The number of carbonyl (C=O) groups is 1. The molecule has 2 unspecified atom stereocenters. The molecule has 0 saturated heterocycles. The van der Waals surface area contributed by atoms with Crippen LogP contribution in [0.2, 0.25) is 0 Å². The molecule has 1 aromatic rings. The Morgan fingerprint density at radius 3 is 2.12 bits per heavy atom. The van der Waals surface area contributed by atoms with E-state index in [0.29, 0.717) is 12.1 Å². The van der Waals surface area contributed by atoms with Crippen molar-refractivity contribution in [3.05, 3.63) is 29.3 Å². The van der Waals surface area contributed by atoms with E-state index < -0.39 is 35.5 Å². The first-order valence-corrected chi connectivity index (χ1v) is 4.19. The molecule has 88 valence electrons. The Morgan fingerprint density at radius 1 is 1.31 bits per heavy atom. The van der Waals surface area contributed by atoms with E-state index in [-0.39, 0.29) is 5.56 Å². The van der Waals surface area contributed by atoms with Gasteiger partial charge in [0.2, 0.25) is 0 Å². The average Bonchev–Trinajstić information content (AvgIpc) is 2.22. The number of phenolic OH excluding ortho intramolecular Hbond substituents is 1. The summed E-state index contributed by atoms with van der Waals surface area (Å²) >= 11 is 0. The number of hydrogen-bond donors (Lipinski definition) is 4. The maximum absolute atomic E-state index is 12.9. The summed E-state index contributed by atoms with van der Waals surface area (Å²) in [6, 6.07) is -0.471. The van der Waals surface area contributed by atoms with Crippen molar-refractivity contribution < 1.29 is 28.9 Å². The van der Waals surface area contributed by atoms with E-state index in [1.54, 1.807) is 0 Å². The van der Waals surface area contributed by atoms with Crippen LogP contribution in [0, 0.1) is 11.6 Å². The monoisotopic (exact) mass is 233 g/mol. The summed E-state index contributed by atoms with van der Waals surface area (Å²) < 4.78 is 25.8. The molecular weight excluding hydrogens is 224 g/mol. The van der Waals surface area contributed by atoms with E-state index in [4.69, 9.17) is 15.9 Å². The van der Waals surface area contributed by atoms with Gasteiger partial charge < -0.3 is 21.1 Å². The Hall–Kier alpha value is -1.73. The molecule has 0 amide bonds. The number of nitrogens with two attached hydrogens (primary N) is 1. The second-order valence-corrected chi connectivity index (χ2v) is 3.14. The fourth-order valence-electron chi connectivity index (χ4n) is 1.10. The lowest BCUT2D eigenvalue weighted by Crippen LogP contribution is -2.36. The molecule has 0 aliphatic carbocycles. The molecule has 7 heteroatoms. The number of carboxylic acids is 1. The lowest BCUT2D eigenvalue weighted by atomic mass is 10.0. The van der Waals surface area contributed by atoms with Crippen molar-refractivity contribution >= 4 is 5.97 Å². The number of carboxylic acid groups (broad SMARTS) is 1. The highest BCUT2D eigenvalue weighted by molar-refractivity contribution is 5.74. The van der Waals surface area contributed by atoms with Crippen molar-refractivity contribution in [3.63, 3.8) is 0 Å². The Morgan fingerprint density at radius 2 is 1.75 bits per heavy atom. The Bertz CT molecular complexity index is 401. The van der Waals surface area contributed by atoms with Crippen molar-refractivity contribution in [2.75, 3.05) is 0 Å². The number of aliphatic hydroxyl groups is 1. The number of benzene rings is 1. The second-order valence-electron chi connectivity index (χ2n) is 3.14. The van der Waals surface area contributed by atoms with E-state index in [9.17, 15) is 18.7 Å². The molecule has 0 radical (unpaired) electrons. The van der Waals surface area contributed by atoms with Crippen LogP contribution in [0.3, 0.4) is 0 Å². The van der Waals surface area contributed by atoms with Crippen LogP contribution in [-0.2, 0) is 4.79 Å². The first-order valence-electron chi connectivity index (χ1n) is 4.19. The Balaban J connectivity index is 3.10. The smallest absolute Gasteiger partial charge is 0.323 e. The van der Waals surface area contributed by atoms with E-state index in [2.05, 4.69) is 0 Å². The average molecular weight is 233 g/mol. The molecule has 0 aromatic heterocycles.